The zero-order valence-corrected chi connectivity index (χ0v) is 9.89. The minimum Gasteiger partial charge on any atom is -0.199 e. The maximum atomic E-state index is 5.98. The van der Waals surface area contributed by atoms with E-state index in [0.717, 1.165) is 11.3 Å². The highest BCUT2D eigenvalue weighted by atomic mass is 35.5. The summed E-state index contributed by atoms with van der Waals surface area (Å²) < 4.78 is 1.68. The van der Waals surface area contributed by atoms with E-state index in [1.807, 2.05) is 25.1 Å². The lowest BCUT2D eigenvalue weighted by atomic mass is 10.1. The summed E-state index contributed by atoms with van der Waals surface area (Å²) in [4.78, 5) is 8.14. The molecule has 4 nitrogen and oxygen atoms in total. The summed E-state index contributed by atoms with van der Waals surface area (Å²) in [7, 11) is 0. The van der Waals surface area contributed by atoms with Crippen molar-refractivity contribution in [3.63, 3.8) is 0 Å². The molecule has 0 radical (unpaired) electrons. The van der Waals surface area contributed by atoms with Crippen LogP contribution in [0.1, 0.15) is 5.56 Å². The molecule has 0 fully saturated rings. The molecule has 84 valence electrons. The van der Waals surface area contributed by atoms with E-state index in [9.17, 15) is 0 Å². The van der Waals surface area contributed by atoms with Gasteiger partial charge in [0.2, 0.25) is 0 Å². The standard InChI is InChI=1S/C12H9ClN4/c1-8-3-2-4-9(5-8)10-6-11(13)16-12-14-7-15-17(10)12/h2-7H,1H3. The van der Waals surface area contributed by atoms with Crippen molar-refractivity contribution >= 4 is 17.4 Å². The average Bonchev–Trinajstić information content (AvgIpc) is 2.75. The van der Waals surface area contributed by atoms with Crippen molar-refractivity contribution < 1.29 is 0 Å². The molecular formula is C12H9ClN4. The molecule has 0 spiro atoms. The lowest BCUT2D eigenvalue weighted by molar-refractivity contribution is 0.947. The predicted molar refractivity (Wildman–Crippen MR) is 66.0 cm³/mol. The largest absolute Gasteiger partial charge is 0.254 e. The summed E-state index contributed by atoms with van der Waals surface area (Å²) in [5, 5.41) is 4.57. The van der Waals surface area contributed by atoms with Crippen LogP contribution in [0.15, 0.2) is 36.7 Å². The van der Waals surface area contributed by atoms with E-state index in [0.29, 0.717) is 10.9 Å². The van der Waals surface area contributed by atoms with Gasteiger partial charge >= 0.3 is 0 Å². The molecule has 3 aromatic rings. The van der Waals surface area contributed by atoms with E-state index in [2.05, 4.69) is 21.1 Å². The number of fused-ring (bicyclic) bond motifs is 1. The van der Waals surface area contributed by atoms with Gasteiger partial charge in [-0.3, -0.25) is 0 Å². The Morgan fingerprint density at radius 2 is 2.12 bits per heavy atom. The fraction of sp³-hybridized carbons (Fsp3) is 0.0833. The average molecular weight is 245 g/mol. The van der Waals surface area contributed by atoms with Crippen molar-refractivity contribution in [3.05, 3.63) is 47.4 Å². The van der Waals surface area contributed by atoms with Crippen LogP contribution in [0, 0.1) is 6.92 Å². The molecule has 1 aromatic carbocycles. The Kier molecular flexibility index (Phi) is 2.30. The van der Waals surface area contributed by atoms with E-state index < -0.39 is 0 Å². The Morgan fingerprint density at radius 1 is 1.24 bits per heavy atom. The number of aryl methyl sites for hydroxylation is 1. The van der Waals surface area contributed by atoms with Gasteiger partial charge in [0.1, 0.15) is 11.5 Å². The summed E-state index contributed by atoms with van der Waals surface area (Å²) in [6.07, 6.45) is 1.47. The first-order valence-corrected chi connectivity index (χ1v) is 5.55. The fourth-order valence-electron chi connectivity index (χ4n) is 1.79. The summed E-state index contributed by atoms with van der Waals surface area (Å²) in [6.45, 7) is 2.05. The maximum absolute atomic E-state index is 5.98. The molecule has 0 bridgehead atoms. The van der Waals surface area contributed by atoms with Gasteiger partial charge in [-0.05, 0) is 13.0 Å². The van der Waals surface area contributed by atoms with Crippen LogP contribution in [0.3, 0.4) is 0 Å². The zero-order chi connectivity index (χ0) is 11.8. The first-order valence-electron chi connectivity index (χ1n) is 5.17. The highest BCUT2D eigenvalue weighted by molar-refractivity contribution is 6.29. The molecule has 0 aliphatic heterocycles. The second-order valence-electron chi connectivity index (χ2n) is 3.81. The number of hydrogen-bond donors (Lipinski definition) is 0. The quantitative estimate of drug-likeness (QED) is 0.618. The van der Waals surface area contributed by atoms with Crippen molar-refractivity contribution in [3.8, 4) is 11.3 Å². The minimum atomic E-state index is 0.419. The highest BCUT2D eigenvalue weighted by Gasteiger charge is 2.08. The van der Waals surface area contributed by atoms with E-state index in [4.69, 9.17) is 11.6 Å². The summed E-state index contributed by atoms with van der Waals surface area (Å²) in [5.41, 5.74) is 3.12. The first-order chi connectivity index (χ1) is 8.24. The summed E-state index contributed by atoms with van der Waals surface area (Å²) in [6, 6.07) is 9.93. The Labute approximate surface area is 103 Å². The molecule has 0 aliphatic carbocycles. The second kappa shape index (κ2) is 3.82. The van der Waals surface area contributed by atoms with E-state index >= 15 is 0 Å². The van der Waals surface area contributed by atoms with Crippen molar-refractivity contribution in [2.24, 2.45) is 0 Å². The SMILES string of the molecule is Cc1cccc(-c2cc(Cl)nc3ncnn23)c1. The monoisotopic (exact) mass is 244 g/mol. The van der Waals surface area contributed by atoms with Gasteiger partial charge in [-0.1, -0.05) is 35.4 Å². The molecule has 5 heteroatoms. The van der Waals surface area contributed by atoms with Gasteiger partial charge in [0.25, 0.3) is 5.78 Å². The van der Waals surface area contributed by atoms with Crippen molar-refractivity contribution in [2.75, 3.05) is 0 Å². The smallest absolute Gasteiger partial charge is 0.199 e. The van der Waals surface area contributed by atoms with E-state index in [1.54, 1.807) is 10.6 Å². The summed E-state index contributed by atoms with van der Waals surface area (Å²) >= 11 is 5.98. The van der Waals surface area contributed by atoms with Gasteiger partial charge in [0, 0.05) is 11.6 Å². The van der Waals surface area contributed by atoms with Crippen LogP contribution in [-0.4, -0.2) is 19.6 Å². The highest BCUT2D eigenvalue weighted by Crippen LogP contribution is 2.22. The molecule has 0 amide bonds. The first kappa shape index (κ1) is 10.2. The van der Waals surface area contributed by atoms with Crippen LogP contribution in [0.2, 0.25) is 5.15 Å². The van der Waals surface area contributed by atoms with Crippen LogP contribution in [0.25, 0.3) is 17.0 Å². The van der Waals surface area contributed by atoms with Gasteiger partial charge < -0.3 is 0 Å². The Morgan fingerprint density at radius 3 is 2.94 bits per heavy atom. The molecule has 17 heavy (non-hydrogen) atoms. The Bertz CT molecular complexity index is 690. The summed E-state index contributed by atoms with van der Waals surface area (Å²) in [5.74, 6) is 0.508. The zero-order valence-electron chi connectivity index (χ0n) is 9.13. The molecule has 3 rings (SSSR count). The second-order valence-corrected chi connectivity index (χ2v) is 4.19. The number of nitrogens with zero attached hydrogens (tertiary/aromatic N) is 4. The molecule has 2 aromatic heterocycles. The van der Waals surface area contributed by atoms with Crippen molar-refractivity contribution in [2.45, 2.75) is 6.92 Å². The number of benzene rings is 1. The van der Waals surface area contributed by atoms with Gasteiger partial charge in [0.05, 0.1) is 5.69 Å². The number of hydrogen-bond acceptors (Lipinski definition) is 3. The third-order valence-corrected chi connectivity index (χ3v) is 2.73. The molecule has 0 atom stereocenters. The molecule has 0 unspecified atom stereocenters. The minimum absolute atomic E-state index is 0.419. The number of rotatable bonds is 1. The van der Waals surface area contributed by atoms with Crippen LogP contribution in [0.4, 0.5) is 0 Å². The number of aromatic nitrogens is 4. The molecule has 0 saturated heterocycles. The Hall–Kier alpha value is -1.94. The Balaban J connectivity index is 2.32. The fourth-order valence-corrected chi connectivity index (χ4v) is 1.97. The van der Waals surface area contributed by atoms with E-state index in [1.165, 1.54) is 11.9 Å². The third-order valence-electron chi connectivity index (χ3n) is 2.53. The van der Waals surface area contributed by atoms with Gasteiger partial charge in [-0.25, -0.2) is 0 Å². The molecule has 0 saturated carbocycles. The number of halogens is 1. The van der Waals surface area contributed by atoms with Crippen molar-refractivity contribution in [1.82, 2.24) is 19.6 Å². The molecule has 0 N–H and O–H groups in total. The van der Waals surface area contributed by atoms with Crippen LogP contribution in [-0.2, 0) is 0 Å². The predicted octanol–water partition coefficient (Wildman–Crippen LogP) is 2.75. The topological polar surface area (TPSA) is 43.1 Å². The maximum Gasteiger partial charge on any atom is 0.254 e. The van der Waals surface area contributed by atoms with Crippen LogP contribution >= 0.6 is 11.6 Å². The van der Waals surface area contributed by atoms with E-state index in [-0.39, 0.29) is 0 Å². The van der Waals surface area contributed by atoms with Gasteiger partial charge in [-0.15, -0.1) is 0 Å². The van der Waals surface area contributed by atoms with Gasteiger partial charge in [-0.2, -0.15) is 19.6 Å². The molecule has 0 aliphatic rings. The third kappa shape index (κ3) is 1.76. The van der Waals surface area contributed by atoms with Crippen LogP contribution < -0.4 is 0 Å². The molecule has 2 heterocycles. The lowest BCUT2D eigenvalue weighted by Gasteiger charge is -2.05. The van der Waals surface area contributed by atoms with Gasteiger partial charge in [0.15, 0.2) is 0 Å². The van der Waals surface area contributed by atoms with Crippen LogP contribution in [0.5, 0.6) is 0 Å². The lowest BCUT2D eigenvalue weighted by Crippen LogP contribution is -1.97. The molecular weight excluding hydrogens is 236 g/mol. The van der Waals surface area contributed by atoms with Crippen molar-refractivity contribution in [1.29, 1.82) is 0 Å². The normalized spacial score (nSPS) is 10.9.